The number of rotatable bonds is 5. The van der Waals surface area contributed by atoms with Crippen LogP contribution in [-0.2, 0) is 5.41 Å². The molecule has 1 heterocycles. The van der Waals surface area contributed by atoms with Crippen LogP contribution in [0.5, 0.6) is 0 Å². The summed E-state index contributed by atoms with van der Waals surface area (Å²) in [6, 6.07) is 68.8. The van der Waals surface area contributed by atoms with E-state index in [1.165, 1.54) is 77.5 Å². The van der Waals surface area contributed by atoms with Crippen LogP contribution in [0.1, 0.15) is 25.0 Å². The molecule has 2 aliphatic carbocycles. The fourth-order valence-corrected chi connectivity index (χ4v) is 9.94. The molecule has 0 atom stereocenters. The lowest BCUT2D eigenvalue weighted by molar-refractivity contribution is 0.660. The van der Waals surface area contributed by atoms with Crippen LogP contribution >= 0.6 is 0 Å². The van der Waals surface area contributed by atoms with Gasteiger partial charge >= 0.3 is 0 Å². The van der Waals surface area contributed by atoms with Crippen molar-refractivity contribution in [3.63, 3.8) is 0 Å². The summed E-state index contributed by atoms with van der Waals surface area (Å²) in [5.74, 6) is 0. The Kier molecular flexibility index (Phi) is 6.72. The molecule has 0 radical (unpaired) electrons. The molecule has 57 heavy (non-hydrogen) atoms. The molecule has 0 N–H and O–H groups in total. The second kappa shape index (κ2) is 11.9. The van der Waals surface area contributed by atoms with Gasteiger partial charge in [0.05, 0.1) is 5.69 Å². The smallest absolute Gasteiger partial charge is 0.136 e. The van der Waals surface area contributed by atoms with Crippen LogP contribution in [0.3, 0.4) is 0 Å². The van der Waals surface area contributed by atoms with E-state index in [1.807, 2.05) is 0 Å². The SMILES string of the molecule is CC1(C)c2ccccc2-c2c(N(c3ccc(-c4ccccc4)cc3)c3ccc4oc5cccc(-c6ccc7c(c6)-c6cccc8cccc-7c68)c5c4c3)cccc21. The summed E-state index contributed by atoms with van der Waals surface area (Å²) in [6.07, 6.45) is 0. The molecule has 268 valence electrons. The van der Waals surface area contributed by atoms with Crippen LogP contribution in [0.25, 0.3) is 88.3 Å². The van der Waals surface area contributed by atoms with Crippen LogP contribution in [0.4, 0.5) is 17.1 Å². The molecule has 0 spiro atoms. The van der Waals surface area contributed by atoms with Crippen LogP contribution in [0.15, 0.2) is 192 Å². The molecule has 0 amide bonds. The average molecular weight is 728 g/mol. The van der Waals surface area contributed by atoms with E-state index in [0.717, 1.165) is 39.0 Å². The molecule has 9 aromatic carbocycles. The van der Waals surface area contributed by atoms with Crippen molar-refractivity contribution in [2.24, 2.45) is 0 Å². The summed E-state index contributed by atoms with van der Waals surface area (Å²) in [7, 11) is 0. The van der Waals surface area contributed by atoms with Crippen molar-refractivity contribution in [1.82, 2.24) is 0 Å². The quantitative estimate of drug-likeness (QED) is 0.175. The highest BCUT2D eigenvalue weighted by atomic mass is 16.3. The van der Waals surface area contributed by atoms with Crippen molar-refractivity contribution in [3.05, 3.63) is 199 Å². The predicted octanol–water partition coefficient (Wildman–Crippen LogP) is 15.5. The topological polar surface area (TPSA) is 16.4 Å². The summed E-state index contributed by atoms with van der Waals surface area (Å²) >= 11 is 0. The van der Waals surface area contributed by atoms with Crippen molar-refractivity contribution in [2.45, 2.75) is 19.3 Å². The van der Waals surface area contributed by atoms with Crippen molar-refractivity contribution < 1.29 is 4.42 Å². The number of nitrogens with zero attached hydrogens (tertiary/aromatic N) is 1. The molecule has 12 rings (SSSR count). The Bertz CT molecular complexity index is 3250. The maximum atomic E-state index is 6.64. The third-order valence-corrected chi connectivity index (χ3v) is 12.6. The van der Waals surface area contributed by atoms with Gasteiger partial charge in [0.1, 0.15) is 11.2 Å². The first-order chi connectivity index (χ1) is 28.0. The lowest BCUT2D eigenvalue weighted by Crippen LogP contribution is -2.16. The standard InChI is InChI=1S/C55H37NO/c1-55(2)47-20-7-6-16-44(47)54-48(55)21-11-22-49(54)56(38-27-24-35(25-28-38)34-12-4-3-5-13-34)39-29-31-50-46(33-39)53-40(17-10-23-51(53)57-50)37-26-30-41-42-18-8-14-36-15-9-19-43(52(36)42)45(41)32-37/h3-33H,1-2H3. The van der Waals surface area contributed by atoms with E-state index in [4.69, 9.17) is 4.42 Å². The zero-order chi connectivity index (χ0) is 37.8. The Morgan fingerprint density at radius 3 is 1.89 bits per heavy atom. The predicted molar refractivity (Wildman–Crippen MR) is 239 cm³/mol. The lowest BCUT2D eigenvalue weighted by Gasteiger charge is -2.29. The van der Waals surface area contributed by atoms with E-state index in [0.29, 0.717) is 0 Å². The summed E-state index contributed by atoms with van der Waals surface area (Å²) in [6.45, 7) is 4.70. The summed E-state index contributed by atoms with van der Waals surface area (Å²) in [4.78, 5) is 2.44. The molecule has 0 unspecified atom stereocenters. The minimum absolute atomic E-state index is 0.118. The fourth-order valence-electron chi connectivity index (χ4n) is 9.94. The molecular formula is C55H37NO. The number of anilines is 3. The fraction of sp³-hybridized carbons (Fsp3) is 0.0545. The molecule has 2 aliphatic rings. The number of furan rings is 1. The van der Waals surface area contributed by atoms with E-state index in [9.17, 15) is 0 Å². The van der Waals surface area contributed by atoms with Crippen LogP contribution in [0.2, 0.25) is 0 Å². The van der Waals surface area contributed by atoms with Gasteiger partial charge in [-0.05, 0) is 121 Å². The molecule has 1 aromatic heterocycles. The number of hydrogen-bond donors (Lipinski definition) is 0. The molecule has 10 aromatic rings. The van der Waals surface area contributed by atoms with E-state index >= 15 is 0 Å². The first-order valence-corrected chi connectivity index (χ1v) is 19.8. The summed E-state index contributed by atoms with van der Waals surface area (Å²) in [5, 5.41) is 4.86. The largest absolute Gasteiger partial charge is 0.456 e. The highest BCUT2D eigenvalue weighted by Gasteiger charge is 2.37. The normalized spacial score (nSPS) is 13.2. The van der Waals surface area contributed by atoms with Gasteiger partial charge in [0.25, 0.3) is 0 Å². The van der Waals surface area contributed by atoms with E-state index < -0.39 is 0 Å². The first kappa shape index (κ1) is 32.1. The van der Waals surface area contributed by atoms with Crippen molar-refractivity contribution >= 4 is 49.8 Å². The molecule has 0 saturated carbocycles. The monoisotopic (exact) mass is 727 g/mol. The lowest BCUT2D eigenvalue weighted by atomic mass is 9.82. The zero-order valence-corrected chi connectivity index (χ0v) is 31.8. The minimum atomic E-state index is -0.118. The molecule has 0 saturated heterocycles. The molecule has 2 nitrogen and oxygen atoms in total. The molecule has 0 fully saturated rings. The molecule has 0 aliphatic heterocycles. The Balaban J connectivity index is 1.06. The Morgan fingerprint density at radius 2 is 1.05 bits per heavy atom. The maximum absolute atomic E-state index is 6.64. The average Bonchev–Trinajstić information content (AvgIpc) is 3.88. The highest BCUT2D eigenvalue weighted by molar-refractivity contribution is 6.17. The van der Waals surface area contributed by atoms with Gasteiger partial charge in [-0.1, -0.05) is 153 Å². The van der Waals surface area contributed by atoms with E-state index in [-0.39, 0.29) is 5.41 Å². The summed E-state index contributed by atoms with van der Waals surface area (Å²) in [5.41, 5.74) is 20.3. The maximum Gasteiger partial charge on any atom is 0.136 e. The van der Waals surface area contributed by atoms with Gasteiger partial charge in [0.2, 0.25) is 0 Å². The highest BCUT2D eigenvalue weighted by Crippen LogP contribution is 2.55. The molecule has 2 heteroatoms. The number of hydrogen-bond acceptors (Lipinski definition) is 2. The second-order valence-electron chi connectivity index (χ2n) is 16.0. The second-order valence-corrected chi connectivity index (χ2v) is 16.0. The third-order valence-electron chi connectivity index (χ3n) is 12.6. The Labute approximate surface area is 331 Å². The number of fused-ring (bicyclic) bond motifs is 9. The van der Waals surface area contributed by atoms with Crippen LogP contribution in [0, 0.1) is 0 Å². The van der Waals surface area contributed by atoms with Crippen molar-refractivity contribution in [2.75, 3.05) is 4.90 Å². The third kappa shape index (κ3) is 4.65. The van der Waals surface area contributed by atoms with Gasteiger partial charge in [-0.2, -0.15) is 0 Å². The van der Waals surface area contributed by atoms with Crippen LogP contribution < -0.4 is 4.90 Å². The van der Waals surface area contributed by atoms with Crippen molar-refractivity contribution in [1.29, 1.82) is 0 Å². The van der Waals surface area contributed by atoms with Gasteiger partial charge in [-0.25, -0.2) is 0 Å². The Hall–Kier alpha value is -7.16. The van der Waals surface area contributed by atoms with Crippen molar-refractivity contribution in [3.8, 4) is 55.6 Å². The van der Waals surface area contributed by atoms with Gasteiger partial charge in [0.15, 0.2) is 0 Å². The molecule has 0 bridgehead atoms. The van der Waals surface area contributed by atoms with Gasteiger partial charge in [0, 0.05) is 33.1 Å². The van der Waals surface area contributed by atoms with Crippen LogP contribution in [-0.4, -0.2) is 0 Å². The van der Waals surface area contributed by atoms with E-state index in [1.54, 1.807) is 0 Å². The van der Waals surface area contributed by atoms with Gasteiger partial charge < -0.3 is 9.32 Å². The first-order valence-electron chi connectivity index (χ1n) is 19.8. The molecular weight excluding hydrogens is 691 g/mol. The van der Waals surface area contributed by atoms with Gasteiger partial charge in [-0.15, -0.1) is 0 Å². The van der Waals surface area contributed by atoms with Gasteiger partial charge in [-0.3, -0.25) is 0 Å². The zero-order valence-electron chi connectivity index (χ0n) is 31.8. The van der Waals surface area contributed by atoms with E-state index in [2.05, 4.69) is 207 Å². The minimum Gasteiger partial charge on any atom is -0.456 e. The summed E-state index contributed by atoms with van der Waals surface area (Å²) < 4.78 is 6.64. The number of benzene rings is 9. The Morgan fingerprint density at radius 1 is 0.404 bits per heavy atom.